The van der Waals surface area contributed by atoms with Gasteiger partial charge in [-0.2, -0.15) is 0 Å². The summed E-state index contributed by atoms with van der Waals surface area (Å²) in [7, 11) is 0. The molecule has 2 aromatic rings. The van der Waals surface area contributed by atoms with Crippen molar-refractivity contribution in [2.24, 2.45) is 0 Å². The van der Waals surface area contributed by atoms with Crippen LogP contribution in [-0.2, 0) is 4.79 Å². The van der Waals surface area contributed by atoms with Crippen LogP contribution < -0.4 is 0 Å². The second-order valence-electron chi connectivity index (χ2n) is 4.42. The summed E-state index contributed by atoms with van der Waals surface area (Å²) in [6, 6.07) is 17.8. The Morgan fingerprint density at radius 3 is 2.28 bits per heavy atom. The zero-order chi connectivity index (χ0) is 13.0. The molecule has 0 saturated heterocycles. The summed E-state index contributed by atoms with van der Waals surface area (Å²) >= 11 is 0. The number of hydrogen-bond donors (Lipinski definition) is 1. The van der Waals surface area contributed by atoms with Crippen LogP contribution in [0.15, 0.2) is 54.6 Å². The molecular formula is C16H16O2. The van der Waals surface area contributed by atoms with Gasteiger partial charge in [0.2, 0.25) is 0 Å². The summed E-state index contributed by atoms with van der Waals surface area (Å²) < 4.78 is 0. The SMILES string of the molecule is Cc1ccccc1C(CC(=O)O)c1ccccc1. The summed E-state index contributed by atoms with van der Waals surface area (Å²) in [5.41, 5.74) is 3.27. The lowest BCUT2D eigenvalue weighted by Gasteiger charge is -2.18. The van der Waals surface area contributed by atoms with E-state index in [2.05, 4.69) is 0 Å². The lowest BCUT2D eigenvalue weighted by Crippen LogP contribution is -2.09. The first-order valence-electron chi connectivity index (χ1n) is 6.00. The van der Waals surface area contributed by atoms with Crippen LogP contribution in [0.5, 0.6) is 0 Å². The summed E-state index contributed by atoms with van der Waals surface area (Å²) in [4.78, 5) is 11.1. The number of aliphatic carboxylic acids is 1. The Morgan fingerprint density at radius 1 is 1.06 bits per heavy atom. The smallest absolute Gasteiger partial charge is 0.304 e. The van der Waals surface area contributed by atoms with Crippen molar-refractivity contribution in [3.05, 3.63) is 71.3 Å². The highest BCUT2D eigenvalue weighted by molar-refractivity contribution is 5.69. The second kappa shape index (κ2) is 5.50. The van der Waals surface area contributed by atoms with Crippen molar-refractivity contribution in [1.29, 1.82) is 0 Å². The monoisotopic (exact) mass is 240 g/mol. The quantitative estimate of drug-likeness (QED) is 0.886. The summed E-state index contributed by atoms with van der Waals surface area (Å²) in [5, 5.41) is 9.10. The fraction of sp³-hybridized carbons (Fsp3) is 0.188. The normalized spacial score (nSPS) is 12.1. The Labute approximate surface area is 107 Å². The Hall–Kier alpha value is -2.09. The van der Waals surface area contributed by atoms with Gasteiger partial charge in [-0.15, -0.1) is 0 Å². The highest BCUT2D eigenvalue weighted by atomic mass is 16.4. The van der Waals surface area contributed by atoms with Crippen LogP contribution in [0.3, 0.4) is 0 Å². The van der Waals surface area contributed by atoms with Gasteiger partial charge in [0.1, 0.15) is 0 Å². The van der Waals surface area contributed by atoms with Gasteiger partial charge in [-0.05, 0) is 23.6 Å². The molecule has 0 saturated carbocycles. The first-order valence-corrected chi connectivity index (χ1v) is 6.00. The summed E-state index contributed by atoms with van der Waals surface area (Å²) in [6.45, 7) is 2.02. The number of carboxylic acid groups (broad SMARTS) is 1. The lowest BCUT2D eigenvalue weighted by atomic mass is 9.86. The molecule has 18 heavy (non-hydrogen) atoms. The highest BCUT2D eigenvalue weighted by Crippen LogP contribution is 2.29. The predicted molar refractivity (Wildman–Crippen MR) is 71.7 cm³/mol. The number of carboxylic acids is 1. The topological polar surface area (TPSA) is 37.3 Å². The summed E-state index contributed by atoms with van der Waals surface area (Å²) in [5.74, 6) is -0.850. The number of rotatable bonds is 4. The Morgan fingerprint density at radius 2 is 1.67 bits per heavy atom. The molecule has 2 aromatic carbocycles. The molecule has 0 bridgehead atoms. The van der Waals surface area contributed by atoms with Crippen molar-refractivity contribution in [3.8, 4) is 0 Å². The molecule has 0 aliphatic heterocycles. The first kappa shape index (κ1) is 12.4. The lowest BCUT2D eigenvalue weighted by molar-refractivity contribution is -0.137. The Kier molecular flexibility index (Phi) is 3.78. The molecule has 0 radical (unpaired) electrons. The van der Waals surface area contributed by atoms with Crippen molar-refractivity contribution < 1.29 is 9.90 Å². The predicted octanol–water partition coefficient (Wildman–Crippen LogP) is 3.60. The fourth-order valence-corrected chi connectivity index (χ4v) is 2.25. The summed E-state index contributed by atoms with van der Waals surface area (Å²) in [6.07, 6.45) is 0.120. The van der Waals surface area contributed by atoms with Gasteiger partial charge in [-0.25, -0.2) is 0 Å². The molecule has 0 heterocycles. The number of benzene rings is 2. The molecule has 0 fully saturated rings. The minimum absolute atomic E-state index is 0.0788. The average molecular weight is 240 g/mol. The maximum Gasteiger partial charge on any atom is 0.304 e. The van der Waals surface area contributed by atoms with Gasteiger partial charge in [0, 0.05) is 5.92 Å². The average Bonchev–Trinajstić information content (AvgIpc) is 2.38. The molecule has 0 spiro atoms. The minimum atomic E-state index is -0.771. The highest BCUT2D eigenvalue weighted by Gasteiger charge is 2.18. The van der Waals surface area contributed by atoms with Crippen molar-refractivity contribution in [1.82, 2.24) is 0 Å². The van der Waals surface area contributed by atoms with E-state index in [0.717, 1.165) is 16.7 Å². The second-order valence-corrected chi connectivity index (χ2v) is 4.42. The van der Waals surface area contributed by atoms with Crippen molar-refractivity contribution in [2.75, 3.05) is 0 Å². The maximum atomic E-state index is 11.1. The number of hydrogen-bond acceptors (Lipinski definition) is 1. The van der Waals surface area contributed by atoms with Gasteiger partial charge in [0.05, 0.1) is 6.42 Å². The van der Waals surface area contributed by atoms with E-state index in [0.29, 0.717) is 0 Å². The van der Waals surface area contributed by atoms with Crippen LogP contribution in [0.2, 0.25) is 0 Å². The molecule has 0 amide bonds. The van der Waals surface area contributed by atoms with Gasteiger partial charge >= 0.3 is 5.97 Å². The van der Waals surface area contributed by atoms with Crippen molar-refractivity contribution in [3.63, 3.8) is 0 Å². The van der Waals surface area contributed by atoms with Gasteiger partial charge in [0.15, 0.2) is 0 Å². The maximum absolute atomic E-state index is 11.1. The molecule has 92 valence electrons. The Balaban J connectivity index is 2.44. The third-order valence-corrected chi connectivity index (χ3v) is 3.14. The molecule has 2 heteroatoms. The fourth-order valence-electron chi connectivity index (χ4n) is 2.25. The molecular weight excluding hydrogens is 224 g/mol. The van der Waals surface area contributed by atoms with Gasteiger partial charge in [0.25, 0.3) is 0 Å². The zero-order valence-electron chi connectivity index (χ0n) is 10.3. The van der Waals surface area contributed by atoms with Crippen LogP contribution in [0.1, 0.15) is 29.0 Å². The molecule has 2 rings (SSSR count). The van der Waals surface area contributed by atoms with E-state index in [1.165, 1.54) is 0 Å². The van der Waals surface area contributed by atoms with E-state index in [-0.39, 0.29) is 12.3 Å². The zero-order valence-corrected chi connectivity index (χ0v) is 10.3. The third kappa shape index (κ3) is 2.77. The van der Waals surface area contributed by atoms with E-state index in [9.17, 15) is 4.79 Å². The standard InChI is InChI=1S/C16H16O2/c1-12-7-5-6-10-14(12)15(11-16(17)18)13-8-3-2-4-9-13/h2-10,15H,11H2,1H3,(H,17,18). The van der Waals surface area contributed by atoms with E-state index in [1.807, 2.05) is 61.5 Å². The van der Waals surface area contributed by atoms with Gasteiger partial charge in [-0.1, -0.05) is 54.6 Å². The molecule has 0 aliphatic rings. The van der Waals surface area contributed by atoms with Crippen LogP contribution in [-0.4, -0.2) is 11.1 Å². The molecule has 0 aliphatic carbocycles. The molecule has 1 N–H and O–H groups in total. The van der Waals surface area contributed by atoms with E-state index < -0.39 is 5.97 Å². The van der Waals surface area contributed by atoms with Gasteiger partial charge < -0.3 is 5.11 Å². The Bertz CT molecular complexity index is 532. The van der Waals surface area contributed by atoms with Crippen LogP contribution >= 0.6 is 0 Å². The molecule has 0 aromatic heterocycles. The van der Waals surface area contributed by atoms with E-state index in [4.69, 9.17) is 5.11 Å². The van der Waals surface area contributed by atoms with Crippen molar-refractivity contribution in [2.45, 2.75) is 19.3 Å². The molecule has 1 unspecified atom stereocenters. The van der Waals surface area contributed by atoms with E-state index >= 15 is 0 Å². The molecule has 1 atom stereocenters. The first-order chi connectivity index (χ1) is 8.68. The molecule has 2 nitrogen and oxygen atoms in total. The van der Waals surface area contributed by atoms with Crippen LogP contribution in [0.4, 0.5) is 0 Å². The van der Waals surface area contributed by atoms with Crippen LogP contribution in [0.25, 0.3) is 0 Å². The van der Waals surface area contributed by atoms with Crippen LogP contribution in [0, 0.1) is 6.92 Å². The van der Waals surface area contributed by atoms with Gasteiger partial charge in [-0.3, -0.25) is 4.79 Å². The third-order valence-electron chi connectivity index (χ3n) is 3.14. The van der Waals surface area contributed by atoms with E-state index in [1.54, 1.807) is 0 Å². The minimum Gasteiger partial charge on any atom is -0.481 e. The largest absolute Gasteiger partial charge is 0.481 e. The van der Waals surface area contributed by atoms with Crippen molar-refractivity contribution >= 4 is 5.97 Å². The number of carbonyl (C=O) groups is 1. The number of aryl methyl sites for hydroxylation is 1.